The molecular weight excluding hydrogens is 301 g/mol. The van der Waals surface area contributed by atoms with Gasteiger partial charge in [0.2, 0.25) is 0 Å². The Morgan fingerprint density at radius 3 is 2.67 bits per heavy atom. The van der Waals surface area contributed by atoms with E-state index in [1.165, 1.54) is 6.07 Å². The molecule has 0 bridgehead atoms. The summed E-state index contributed by atoms with van der Waals surface area (Å²) in [6, 6.07) is 3.00. The minimum atomic E-state index is -1.13. The molecule has 1 fully saturated rings. The van der Waals surface area contributed by atoms with Crippen molar-refractivity contribution < 1.29 is 14.3 Å². The van der Waals surface area contributed by atoms with Crippen molar-refractivity contribution >= 4 is 27.6 Å². The number of carbonyl (C=O) groups is 1. The summed E-state index contributed by atoms with van der Waals surface area (Å²) in [5, 5.41) is 8.94. The molecule has 0 radical (unpaired) electrons. The maximum atomic E-state index is 14.3. The first kappa shape index (κ1) is 13.3. The molecule has 98 valence electrons. The van der Waals surface area contributed by atoms with Gasteiger partial charge in [-0.3, -0.25) is 0 Å². The number of carboxylic acids is 1. The summed E-state index contributed by atoms with van der Waals surface area (Å²) in [4.78, 5) is 12.9. The molecule has 0 amide bonds. The second kappa shape index (κ2) is 4.53. The average Bonchev–Trinajstić information content (AvgIpc) is 2.61. The van der Waals surface area contributed by atoms with Gasteiger partial charge in [0.25, 0.3) is 0 Å². The Bertz CT molecular complexity index is 502. The van der Waals surface area contributed by atoms with E-state index in [1.807, 2.05) is 4.90 Å². The van der Waals surface area contributed by atoms with E-state index in [0.29, 0.717) is 5.69 Å². The molecule has 1 aromatic carbocycles. The molecule has 0 unspecified atom stereocenters. The number of benzene rings is 1. The number of aromatic carboxylic acids is 1. The highest BCUT2D eigenvalue weighted by molar-refractivity contribution is 9.10. The van der Waals surface area contributed by atoms with Crippen LogP contribution in [0, 0.1) is 5.82 Å². The summed E-state index contributed by atoms with van der Waals surface area (Å²) in [5.41, 5.74) is 0.327. The van der Waals surface area contributed by atoms with Crippen LogP contribution < -0.4 is 4.90 Å². The standard InChI is InChI=1S/C13H15BrFNO2/c1-13(2)6-3-7-16(13)9-5-4-8(12(17)18)10(14)11(9)15/h4-5H,3,6-7H2,1-2H3,(H,17,18). The van der Waals surface area contributed by atoms with Crippen molar-refractivity contribution in [3.8, 4) is 0 Å². The van der Waals surface area contributed by atoms with Crippen LogP contribution in [0.2, 0.25) is 0 Å². The first-order valence-corrected chi connectivity index (χ1v) is 6.63. The highest BCUT2D eigenvalue weighted by Crippen LogP contribution is 2.37. The van der Waals surface area contributed by atoms with E-state index in [1.54, 1.807) is 6.07 Å². The Balaban J connectivity index is 2.48. The van der Waals surface area contributed by atoms with Crippen LogP contribution in [0.1, 0.15) is 37.0 Å². The van der Waals surface area contributed by atoms with Crippen LogP contribution >= 0.6 is 15.9 Å². The Kier molecular flexibility index (Phi) is 3.36. The molecule has 1 aromatic rings. The number of hydrogen-bond donors (Lipinski definition) is 1. The van der Waals surface area contributed by atoms with Crippen molar-refractivity contribution in [1.82, 2.24) is 0 Å². The molecule has 5 heteroatoms. The van der Waals surface area contributed by atoms with Crippen molar-refractivity contribution in [2.75, 3.05) is 11.4 Å². The van der Waals surface area contributed by atoms with E-state index in [2.05, 4.69) is 29.8 Å². The van der Waals surface area contributed by atoms with E-state index in [-0.39, 0.29) is 15.6 Å². The first-order chi connectivity index (χ1) is 8.34. The van der Waals surface area contributed by atoms with Gasteiger partial charge in [0, 0.05) is 12.1 Å². The molecule has 1 heterocycles. The molecule has 0 atom stereocenters. The Morgan fingerprint density at radius 2 is 2.17 bits per heavy atom. The summed E-state index contributed by atoms with van der Waals surface area (Å²) in [6.07, 6.45) is 2.02. The fourth-order valence-corrected chi connectivity index (χ4v) is 2.97. The number of nitrogens with zero attached hydrogens (tertiary/aromatic N) is 1. The summed E-state index contributed by atoms with van der Waals surface area (Å²) >= 11 is 3.03. The molecule has 0 spiro atoms. The van der Waals surface area contributed by atoms with Gasteiger partial charge in [-0.15, -0.1) is 0 Å². The maximum absolute atomic E-state index is 14.3. The topological polar surface area (TPSA) is 40.5 Å². The lowest BCUT2D eigenvalue weighted by atomic mass is 10.0. The fourth-order valence-electron chi connectivity index (χ4n) is 2.47. The number of carboxylic acid groups (broad SMARTS) is 1. The maximum Gasteiger partial charge on any atom is 0.336 e. The zero-order valence-electron chi connectivity index (χ0n) is 10.3. The van der Waals surface area contributed by atoms with Crippen molar-refractivity contribution in [2.24, 2.45) is 0 Å². The van der Waals surface area contributed by atoms with E-state index in [9.17, 15) is 9.18 Å². The van der Waals surface area contributed by atoms with E-state index < -0.39 is 11.8 Å². The van der Waals surface area contributed by atoms with Crippen LogP contribution in [-0.2, 0) is 0 Å². The molecule has 18 heavy (non-hydrogen) atoms. The van der Waals surface area contributed by atoms with Gasteiger partial charge in [-0.2, -0.15) is 0 Å². The summed E-state index contributed by atoms with van der Waals surface area (Å²) in [6.45, 7) is 4.93. The van der Waals surface area contributed by atoms with Gasteiger partial charge in [-0.25, -0.2) is 9.18 Å². The molecule has 2 rings (SSSR count). The van der Waals surface area contributed by atoms with Gasteiger partial charge < -0.3 is 10.0 Å². The lowest BCUT2D eigenvalue weighted by Crippen LogP contribution is -2.38. The highest BCUT2D eigenvalue weighted by Gasteiger charge is 2.34. The predicted molar refractivity (Wildman–Crippen MR) is 71.7 cm³/mol. The quantitative estimate of drug-likeness (QED) is 0.905. The second-order valence-corrected chi connectivity index (χ2v) is 5.93. The van der Waals surface area contributed by atoms with Crippen LogP contribution in [0.5, 0.6) is 0 Å². The number of rotatable bonds is 2. The minimum absolute atomic E-state index is 0.0233. The van der Waals surface area contributed by atoms with Gasteiger partial charge in [-0.1, -0.05) is 0 Å². The molecule has 1 aliphatic heterocycles. The van der Waals surface area contributed by atoms with Crippen LogP contribution in [0.25, 0.3) is 0 Å². The predicted octanol–water partition coefficient (Wildman–Crippen LogP) is 3.67. The SMILES string of the molecule is CC1(C)CCCN1c1ccc(C(=O)O)c(Br)c1F. The Labute approximate surface area is 114 Å². The summed E-state index contributed by atoms with van der Waals surface area (Å²) < 4.78 is 14.3. The largest absolute Gasteiger partial charge is 0.478 e. The lowest BCUT2D eigenvalue weighted by molar-refractivity contribution is 0.0695. The molecule has 0 saturated carbocycles. The lowest BCUT2D eigenvalue weighted by Gasteiger charge is -2.34. The molecule has 1 N–H and O–H groups in total. The van der Waals surface area contributed by atoms with Crippen LogP contribution in [0.4, 0.5) is 10.1 Å². The van der Waals surface area contributed by atoms with Crippen molar-refractivity contribution in [2.45, 2.75) is 32.2 Å². The smallest absolute Gasteiger partial charge is 0.336 e. The molecule has 0 aromatic heterocycles. The van der Waals surface area contributed by atoms with E-state index in [0.717, 1.165) is 19.4 Å². The number of hydrogen-bond acceptors (Lipinski definition) is 2. The summed E-state index contributed by atoms with van der Waals surface area (Å²) in [5.74, 6) is -1.63. The molecule has 1 aliphatic rings. The van der Waals surface area contributed by atoms with Crippen molar-refractivity contribution in [1.29, 1.82) is 0 Å². The molecule has 3 nitrogen and oxygen atoms in total. The van der Waals surface area contributed by atoms with Gasteiger partial charge in [0.15, 0.2) is 5.82 Å². The molecule has 0 aliphatic carbocycles. The zero-order valence-corrected chi connectivity index (χ0v) is 11.9. The van der Waals surface area contributed by atoms with Crippen molar-refractivity contribution in [3.05, 3.63) is 28.0 Å². The average molecular weight is 316 g/mol. The Hall–Kier alpha value is -1.10. The second-order valence-electron chi connectivity index (χ2n) is 5.13. The van der Waals surface area contributed by atoms with Gasteiger partial charge in [0.1, 0.15) is 0 Å². The van der Waals surface area contributed by atoms with Crippen LogP contribution in [0.15, 0.2) is 16.6 Å². The number of anilines is 1. The molecule has 1 saturated heterocycles. The third kappa shape index (κ3) is 2.11. The van der Waals surface area contributed by atoms with E-state index >= 15 is 0 Å². The minimum Gasteiger partial charge on any atom is -0.478 e. The van der Waals surface area contributed by atoms with Gasteiger partial charge in [-0.05, 0) is 54.8 Å². The molecular formula is C13H15BrFNO2. The fraction of sp³-hybridized carbons (Fsp3) is 0.462. The Morgan fingerprint density at radius 1 is 1.50 bits per heavy atom. The third-order valence-corrected chi connectivity index (χ3v) is 4.26. The number of halogens is 2. The summed E-state index contributed by atoms with van der Waals surface area (Å²) in [7, 11) is 0. The van der Waals surface area contributed by atoms with Gasteiger partial charge >= 0.3 is 5.97 Å². The van der Waals surface area contributed by atoms with Crippen LogP contribution in [0.3, 0.4) is 0 Å². The highest BCUT2D eigenvalue weighted by atomic mass is 79.9. The van der Waals surface area contributed by atoms with Crippen molar-refractivity contribution in [3.63, 3.8) is 0 Å². The van der Waals surface area contributed by atoms with E-state index in [4.69, 9.17) is 5.11 Å². The van der Waals surface area contributed by atoms with Gasteiger partial charge in [0.05, 0.1) is 15.7 Å². The third-order valence-electron chi connectivity index (χ3n) is 3.48. The monoisotopic (exact) mass is 315 g/mol. The van der Waals surface area contributed by atoms with Crippen LogP contribution in [-0.4, -0.2) is 23.2 Å². The first-order valence-electron chi connectivity index (χ1n) is 5.83. The normalized spacial score (nSPS) is 18.1. The zero-order chi connectivity index (χ0) is 13.5.